The van der Waals surface area contributed by atoms with E-state index in [0.29, 0.717) is 3.66 Å². The predicted octanol–water partition coefficient (Wildman–Crippen LogP) is 3.44. The van der Waals surface area contributed by atoms with Gasteiger partial charge in [-0.15, -0.1) is 0 Å². The molecule has 0 aliphatic rings. The largest absolute Gasteiger partial charge is 0.137 e. The summed E-state index contributed by atoms with van der Waals surface area (Å²) in [7, 11) is 0. The number of halogens is 1. The Morgan fingerprint density at radius 3 is 2.55 bits per heavy atom. The Morgan fingerprint density at radius 2 is 2.00 bits per heavy atom. The summed E-state index contributed by atoms with van der Waals surface area (Å²) in [4.78, 5) is 0. The van der Waals surface area contributed by atoms with E-state index in [1.165, 1.54) is 17.3 Å². The van der Waals surface area contributed by atoms with Crippen LogP contribution in [-0.4, -0.2) is 3.66 Å². The molecule has 11 heavy (non-hydrogen) atoms. The topological polar surface area (TPSA) is 0 Å². The highest BCUT2D eigenvalue weighted by Gasteiger charge is 1.93. The molecule has 0 saturated carbocycles. The second-order valence-electron chi connectivity index (χ2n) is 2.01. The van der Waals surface area contributed by atoms with Crippen molar-refractivity contribution in [2.45, 2.75) is 5.75 Å². The number of rotatable bonds is 2. The molecular formula is C8H7ClS2. The molecule has 3 heteroatoms. The molecule has 0 N–H and O–H groups in total. The average Bonchev–Trinajstić information content (AvgIpc) is 2.03. The third-order valence-electron chi connectivity index (χ3n) is 1.20. The van der Waals surface area contributed by atoms with Gasteiger partial charge in [-0.1, -0.05) is 65.9 Å². The van der Waals surface area contributed by atoms with E-state index in [0.717, 1.165) is 5.75 Å². The molecule has 0 aliphatic heterocycles. The zero-order valence-electron chi connectivity index (χ0n) is 5.79. The summed E-state index contributed by atoms with van der Waals surface area (Å²) in [6.45, 7) is 0. The van der Waals surface area contributed by atoms with E-state index in [9.17, 15) is 0 Å². The van der Waals surface area contributed by atoms with Gasteiger partial charge in [0.15, 0.2) is 0 Å². The Hall–Kier alpha value is -0.0500. The van der Waals surface area contributed by atoms with E-state index >= 15 is 0 Å². The summed E-state index contributed by atoms with van der Waals surface area (Å²) in [6, 6.07) is 10.1. The summed E-state index contributed by atoms with van der Waals surface area (Å²) in [6.07, 6.45) is 0. The van der Waals surface area contributed by atoms with Crippen LogP contribution in [-0.2, 0) is 5.75 Å². The number of thioether (sulfide) groups is 1. The van der Waals surface area contributed by atoms with Crippen LogP contribution in [0.5, 0.6) is 0 Å². The van der Waals surface area contributed by atoms with E-state index in [1.54, 1.807) is 0 Å². The Morgan fingerprint density at radius 1 is 1.36 bits per heavy atom. The van der Waals surface area contributed by atoms with Gasteiger partial charge >= 0.3 is 0 Å². The Balaban J connectivity index is 2.45. The third-order valence-corrected chi connectivity index (χ3v) is 2.58. The van der Waals surface area contributed by atoms with E-state index in [2.05, 4.69) is 12.1 Å². The summed E-state index contributed by atoms with van der Waals surface area (Å²) < 4.78 is 0.480. The standard InChI is InChI=1S/C8H7ClS2/c9-8(10)11-6-7-4-2-1-3-5-7/h1-5H,6H2. The van der Waals surface area contributed by atoms with Crippen molar-refractivity contribution in [3.05, 3.63) is 35.9 Å². The second kappa shape index (κ2) is 4.75. The fourth-order valence-corrected chi connectivity index (χ4v) is 1.53. The molecule has 0 nitrogen and oxygen atoms in total. The molecule has 0 radical (unpaired) electrons. The lowest BCUT2D eigenvalue weighted by Crippen LogP contribution is -1.79. The van der Waals surface area contributed by atoms with E-state index in [-0.39, 0.29) is 0 Å². The summed E-state index contributed by atoms with van der Waals surface area (Å²) >= 11 is 11.7. The van der Waals surface area contributed by atoms with Crippen molar-refractivity contribution in [1.29, 1.82) is 0 Å². The van der Waals surface area contributed by atoms with Crippen LogP contribution >= 0.6 is 35.6 Å². The van der Waals surface area contributed by atoms with Gasteiger partial charge in [-0.2, -0.15) is 0 Å². The van der Waals surface area contributed by atoms with Crippen molar-refractivity contribution in [2.24, 2.45) is 0 Å². The van der Waals surface area contributed by atoms with Gasteiger partial charge in [0.25, 0.3) is 0 Å². The summed E-state index contributed by atoms with van der Waals surface area (Å²) in [5, 5.41) is 0. The molecule has 0 fully saturated rings. The molecule has 0 aromatic heterocycles. The van der Waals surface area contributed by atoms with Crippen LogP contribution in [0.2, 0.25) is 0 Å². The molecule has 0 bridgehead atoms. The average molecular weight is 203 g/mol. The maximum atomic E-state index is 5.52. The first-order valence-electron chi connectivity index (χ1n) is 3.15. The SMILES string of the molecule is S=C(Cl)SCc1ccccc1. The molecule has 0 spiro atoms. The lowest BCUT2D eigenvalue weighted by molar-refractivity contribution is 1.43. The van der Waals surface area contributed by atoms with Crippen molar-refractivity contribution in [3.8, 4) is 0 Å². The first kappa shape index (κ1) is 9.04. The number of hydrogen-bond acceptors (Lipinski definition) is 2. The van der Waals surface area contributed by atoms with Crippen LogP contribution in [0, 0.1) is 0 Å². The van der Waals surface area contributed by atoms with Gasteiger partial charge in [-0.25, -0.2) is 0 Å². The molecule has 0 heterocycles. The summed E-state index contributed by atoms with van der Waals surface area (Å²) in [5.41, 5.74) is 1.25. The van der Waals surface area contributed by atoms with Crippen LogP contribution in [0.4, 0.5) is 0 Å². The van der Waals surface area contributed by atoms with Crippen molar-refractivity contribution in [1.82, 2.24) is 0 Å². The van der Waals surface area contributed by atoms with Crippen LogP contribution in [0.3, 0.4) is 0 Å². The zero-order valence-corrected chi connectivity index (χ0v) is 8.18. The zero-order chi connectivity index (χ0) is 8.10. The predicted molar refractivity (Wildman–Crippen MR) is 56.2 cm³/mol. The lowest BCUT2D eigenvalue weighted by atomic mass is 10.2. The van der Waals surface area contributed by atoms with Crippen molar-refractivity contribution >= 4 is 39.2 Å². The molecule has 1 aromatic carbocycles. The van der Waals surface area contributed by atoms with Gasteiger partial charge in [0.1, 0.15) is 3.66 Å². The highest BCUT2D eigenvalue weighted by molar-refractivity contribution is 8.25. The molecule has 1 aromatic rings. The molecule has 0 aliphatic carbocycles. The number of hydrogen-bond donors (Lipinski definition) is 0. The van der Waals surface area contributed by atoms with E-state index in [1.807, 2.05) is 18.2 Å². The minimum Gasteiger partial charge on any atom is -0.0977 e. The first-order valence-corrected chi connectivity index (χ1v) is 4.92. The van der Waals surface area contributed by atoms with Gasteiger partial charge in [-0.05, 0) is 5.56 Å². The molecule has 0 unspecified atom stereocenters. The monoisotopic (exact) mass is 202 g/mol. The van der Waals surface area contributed by atoms with Crippen molar-refractivity contribution in [2.75, 3.05) is 0 Å². The van der Waals surface area contributed by atoms with E-state index < -0.39 is 0 Å². The fourth-order valence-electron chi connectivity index (χ4n) is 0.714. The van der Waals surface area contributed by atoms with Gasteiger partial charge in [0.05, 0.1) is 0 Å². The fraction of sp³-hybridized carbons (Fsp3) is 0.125. The van der Waals surface area contributed by atoms with Gasteiger partial charge < -0.3 is 0 Å². The summed E-state index contributed by atoms with van der Waals surface area (Å²) in [5.74, 6) is 0.864. The maximum absolute atomic E-state index is 5.52. The van der Waals surface area contributed by atoms with Gasteiger partial charge in [-0.3, -0.25) is 0 Å². The molecule has 1 rings (SSSR count). The minimum absolute atomic E-state index is 0.480. The Bertz CT molecular complexity index is 233. The van der Waals surface area contributed by atoms with Crippen LogP contribution in [0.15, 0.2) is 30.3 Å². The minimum atomic E-state index is 0.480. The number of benzene rings is 1. The van der Waals surface area contributed by atoms with Crippen LogP contribution in [0.1, 0.15) is 5.56 Å². The van der Waals surface area contributed by atoms with Crippen LogP contribution < -0.4 is 0 Å². The highest BCUT2D eigenvalue weighted by Crippen LogP contribution is 2.15. The Kier molecular flexibility index (Phi) is 3.91. The quantitative estimate of drug-likeness (QED) is 0.532. The molecule has 0 atom stereocenters. The molecule has 58 valence electrons. The number of thiocarbonyl (C=S) groups is 1. The maximum Gasteiger partial charge on any atom is 0.137 e. The van der Waals surface area contributed by atoms with Gasteiger partial charge in [0, 0.05) is 5.75 Å². The van der Waals surface area contributed by atoms with Gasteiger partial charge in [0.2, 0.25) is 0 Å². The molecule has 0 amide bonds. The lowest BCUT2D eigenvalue weighted by Gasteiger charge is -1.96. The van der Waals surface area contributed by atoms with Crippen molar-refractivity contribution < 1.29 is 0 Å². The normalized spacial score (nSPS) is 9.55. The molecule has 0 saturated heterocycles. The third kappa shape index (κ3) is 3.75. The smallest absolute Gasteiger partial charge is 0.0977 e. The second-order valence-corrected chi connectivity index (χ2v) is 4.49. The highest BCUT2D eigenvalue weighted by atomic mass is 35.5. The first-order chi connectivity index (χ1) is 5.29. The van der Waals surface area contributed by atoms with Crippen LogP contribution in [0.25, 0.3) is 0 Å². The molecular weight excluding hydrogens is 196 g/mol. The Labute approximate surface area is 80.9 Å². The van der Waals surface area contributed by atoms with Crippen molar-refractivity contribution in [3.63, 3.8) is 0 Å². The van der Waals surface area contributed by atoms with E-state index in [4.69, 9.17) is 23.8 Å².